The summed E-state index contributed by atoms with van der Waals surface area (Å²) in [6.45, 7) is 0. The minimum atomic E-state index is -3.04. The topological polar surface area (TPSA) is 93.8 Å². The van der Waals surface area contributed by atoms with Gasteiger partial charge in [0.15, 0.2) is 23.6 Å². The van der Waals surface area contributed by atoms with Crippen LogP contribution in [-0.2, 0) is 7.05 Å². The number of aromatic nitrogens is 6. The molecule has 0 aliphatic rings. The van der Waals surface area contributed by atoms with Crippen LogP contribution >= 0.6 is 11.6 Å². The number of alkyl halides is 2. The Balaban J connectivity index is 2.05. The zero-order valence-corrected chi connectivity index (χ0v) is 15.8. The van der Waals surface area contributed by atoms with E-state index in [1.165, 1.54) is 24.2 Å². The Morgan fingerprint density at radius 1 is 1.34 bits per heavy atom. The largest absolute Gasteiger partial charge is 0.495 e. The molecule has 3 heterocycles. The first-order valence-corrected chi connectivity index (χ1v) is 8.64. The van der Waals surface area contributed by atoms with Crippen LogP contribution < -0.4 is 4.74 Å². The van der Waals surface area contributed by atoms with Gasteiger partial charge in [0, 0.05) is 24.8 Å². The second-order valence-electron chi connectivity index (χ2n) is 6.15. The van der Waals surface area contributed by atoms with Gasteiger partial charge in [-0.25, -0.2) is 23.1 Å². The second-order valence-corrected chi connectivity index (χ2v) is 6.53. The molecule has 4 rings (SSSR count). The molecule has 0 unspecified atom stereocenters. The molecule has 0 radical (unpaired) electrons. The monoisotopic (exact) mass is 426 g/mol. The number of benzene rings is 1. The van der Waals surface area contributed by atoms with E-state index in [1.54, 1.807) is 23.9 Å². The molecule has 0 saturated carbocycles. The van der Waals surface area contributed by atoms with Gasteiger partial charge in [-0.2, -0.15) is 5.10 Å². The van der Waals surface area contributed by atoms with Crippen molar-refractivity contribution in [2.24, 2.45) is 7.05 Å². The number of nitrogens with one attached hydrogen (secondary N) is 1. The van der Waals surface area contributed by atoms with Crippen molar-refractivity contribution in [2.75, 3.05) is 7.11 Å². The number of H-pyrrole nitrogens is 1. The van der Waals surface area contributed by atoms with Crippen LogP contribution in [0.3, 0.4) is 0 Å². The number of rotatable bonds is 5. The van der Waals surface area contributed by atoms with E-state index in [4.69, 9.17) is 16.3 Å². The third kappa shape index (κ3) is 2.93. The zero-order valence-electron chi connectivity index (χ0n) is 15.1. The Bertz CT molecular complexity index is 1190. The number of aryl methyl sites for hydroxylation is 1. The first kappa shape index (κ1) is 19.3. The van der Waals surface area contributed by atoms with Gasteiger partial charge in [-0.1, -0.05) is 11.6 Å². The molecule has 152 valence electrons. The first-order chi connectivity index (χ1) is 13.8. The first-order valence-electron chi connectivity index (χ1n) is 8.26. The standard InChI is InChI=1S/C17H14ClF3N6O2/c1-26-11-7(5-8(29-2)9(18)10(11)19)12(27-4-3-22-6-27)13(26)16-23-17(25-24-16)14(28)15(20)21/h3-6,14-15,28H,1-2H3,(H,23,24,25)/t14-/m0/s1. The number of ether oxygens (including phenoxy) is 1. The van der Waals surface area contributed by atoms with Crippen molar-refractivity contribution in [2.45, 2.75) is 12.5 Å². The highest BCUT2D eigenvalue weighted by atomic mass is 35.5. The van der Waals surface area contributed by atoms with Crippen molar-refractivity contribution < 1.29 is 23.0 Å². The molecule has 0 spiro atoms. The molecule has 0 saturated heterocycles. The van der Waals surface area contributed by atoms with E-state index in [-0.39, 0.29) is 22.1 Å². The fraction of sp³-hybridized carbons (Fsp3) is 0.235. The summed E-state index contributed by atoms with van der Waals surface area (Å²) in [6.07, 6.45) is -0.542. The van der Waals surface area contributed by atoms with Gasteiger partial charge in [0.25, 0.3) is 6.43 Å². The van der Waals surface area contributed by atoms with E-state index in [9.17, 15) is 13.9 Å². The Morgan fingerprint density at radius 3 is 2.72 bits per heavy atom. The van der Waals surface area contributed by atoms with Gasteiger partial charge in [-0.15, -0.1) is 0 Å². The van der Waals surface area contributed by atoms with Gasteiger partial charge in [0.2, 0.25) is 0 Å². The minimum absolute atomic E-state index is 0.0170. The third-order valence-electron chi connectivity index (χ3n) is 4.51. The Hall–Kier alpha value is -3.05. The zero-order chi connectivity index (χ0) is 20.9. The second kappa shape index (κ2) is 7.08. The predicted molar refractivity (Wildman–Crippen MR) is 97.9 cm³/mol. The van der Waals surface area contributed by atoms with Crippen LogP contribution in [0.25, 0.3) is 28.1 Å². The van der Waals surface area contributed by atoms with Gasteiger partial charge in [0.1, 0.15) is 16.5 Å². The fourth-order valence-electron chi connectivity index (χ4n) is 3.19. The van der Waals surface area contributed by atoms with E-state index in [2.05, 4.69) is 20.2 Å². The molecule has 0 fully saturated rings. The molecule has 4 aromatic rings. The molecule has 2 N–H and O–H groups in total. The van der Waals surface area contributed by atoms with E-state index in [1.807, 2.05) is 0 Å². The number of aromatic amines is 1. The number of aliphatic hydroxyl groups excluding tert-OH is 1. The van der Waals surface area contributed by atoms with Crippen LogP contribution in [0.5, 0.6) is 5.75 Å². The smallest absolute Gasteiger partial charge is 0.271 e. The van der Waals surface area contributed by atoms with Gasteiger partial charge in [-0.3, -0.25) is 5.10 Å². The third-order valence-corrected chi connectivity index (χ3v) is 4.87. The molecule has 0 amide bonds. The molecular formula is C17H14ClF3N6O2. The van der Waals surface area contributed by atoms with Crippen LogP contribution in [0.4, 0.5) is 13.2 Å². The van der Waals surface area contributed by atoms with Gasteiger partial charge in [-0.05, 0) is 6.07 Å². The Morgan fingerprint density at radius 2 is 2.10 bits per heavy atom. The van der Waals surface area contributed by atoms with Crippen molar-refractivity contribution in [3.63, 3.8) is 0 Å². The van der Waals surface area contributed by atoms with Gasteiger partial charge >= 0.3 is 0 Å². The molecule has 29 heavy (non-hydrogen) atoms. The summed E-state index contributed by atoms with van der Waals surface area (Å²) in [4.78, 5) is 7.99. The molecule has 3 aromatic heterocycles. The van der Waals surface area contributed by atoms with Crippen molar-refractivity contribution >= 4 is 22.5 Å². The van der Waals surface area contributed by atoms with Crippen LogP contribution in [0.2, 0.25) is 5.02 Å². The number of fused-ring (bicyclic) bond motifs is 1. The quantitative estimate of drug-likeness (QED) is 0.511. The number of hydrogen-bond donors (Lipinski definition) is 2. The number of methoxy groups -OCH3 is 1. The maximum atomic E-state index is 15.1. The lowest BCUT2D eigenvalue weighted by Gasteiger charge is -2.07. The maximum absolute atomic E-state index is 15.1. The normalized spacial score (nSPS) is 12.8. The summed E-state index contributed by atoms with van der Waals surface area (Å²) < 4.78 is 48.9. The maximum Gasteiger partial charge on any atom is 0.271 e. The van der Waals surface area contributed by atoms with E-state index < -0.39 is 24.2 Å². The van der Waals surface area contributed by atoms with E-state index in [0.29, 0.717) is 16.8 Å². The minimum Gasteiger partial charge on any atom is -0.495 e. The van der Waals surface area contributed by atoms with Crippen molar-refractivity contribution in [3.8, 4) is 23.0 Å². The van der Waals surface area contributed by atoms with Crippen molar-refractivity contribution in [1.82, 2.24) is 29.3 Å². The molecule has 0 bridgehead atoms. The predicted octanol–water partition coefficient (Wildman–Crippen LogP) is 3.25. The van der Waals surface area contributed by atoms with Gasteiger partial charge < -0.3 is 19.0 Å². The molecular weight excluding hydrogens is 413 g/mol. The summed E-state index contributed by atoms with van der Waals surface area (Å²) in [5, 5.41) is 16.0. The number of hydrogen-bond acceptors (Lipinski definition) is 5. The Kier molecular flexibility index (Phi) is 4.71. The van der Waals surface area contributed by atoms with E-state index in [0.717, 1.165) is 0 Å². The molecule has 0 aliphatic heterocycles. The number of halogens is 4. The van der Waals surface area contributed by atoms with Crippen LogP contribution in [-0.4, -0.2) is 47.9 Å². The number of imidazole rings is 1. The molecule has 0 aliphatic carbocycles. The highest BCUT2D eigenvalue weighted by Crippen LogP contribution is 2.41. The SMILES string of the molecule is COc1cc2c(-n3ccnc3)c(-c3n[nH]c([C@@H](O)C(F)F)n3)n(C)c2c(F)c1Cl. The molecule has 12 heteroatoms. The molecule has 8 nitrogen and oxygen atoms in total. The summed E-state index contributed by atoms with van der Waals surface area (Å²) in [5.74, 6) is -1.03. The summed E-state index contributed by atoms with van der Waals surface area (Å²) in [7, 11) is 2.92. The summed E-state index contributed by atoms with van der Waals surface area (Å²) in [5.41, 5.74) is 0.867. The molecule has 1 atom stereocenters. The highest BCUT2D eigenvalue weighted by Gasteiger charge is 2.28. The number of aliphatic hydroxyl groups is 1. The van der Waals surface area contributed by atoms with Gasteiger partial charge in [0.05, 0.1) is 24.6 Å². The van der Waals surface area contributed by atoms with Crippen LogP contribution in [0.1, 0.15) is 11.9 Å². The van der Waals surface area contributed by atoms with Crippen molar-refractivity contribution in [3.05, 3.63) is 41.5 Å². The summed E-state index contributed by atoms with van der Waals surface area (Å²) >= 11 is 6.07. The van der Waals surface area contributed by atoms with Crippen LogP contribution in [0.15, 0.2) is 24.8 Å². The fourth-order valence-corrected chi connectivity index (χ4v) is 3.41. The van der Waals surface area contributed by atoms with Crippen molar-refractivity contribution in [1.29, 1.82) is 0 Å². The lowest BCUT2D eigenvalue weighted by atomic mass is 10.2. The van der Waals surface area contributed by atoms with Crippen LogP contribution in [0, 0.1) is 5.82 Å². The lowest BCUT2D eigenvalue weighted by molar-refractivity contribution is -0.0106. The van der Waals surface area contributed by atoms with E-state index >= 15 is 4.39 Å². The Labute approximate surface area is 166 Å². The summed E-state index contributed by atoms with van der Waals surface area (Å²) in [6, 6.07) is 1.56. The molecule has 1 aromatic carbocycles. The average molecular weight is 427 g/mol. The average Bonchev–Trinajstić information content (AvgIpc) is 3.42. The highest BCUT2D eigenvalue weighted by molar-refractivity contribution is 6.33. The number of nitrogens with zero attached hydrogens (tertiary/aromatic N) is 5. The lowest BCUT2D eigenvalue weighted by Crippen LogP contribution is -2.09.